The third-order valence-corrected chi connectivity index (χ3v) is 4.13. The average molecular weight is 253 g/mol. The zero-order valence-corrected chi connectivity index (χ0v) is 11.9. The van der Waals surface area contributed by atoms with Gasteiger partial charge in [0.25, 0.3) is 0 Å². The predicted octanol–water partition coefficient (Wildman–Crippen LogP) is 2.27. The van der Waals surface area contributed by atoms with Gasteiger partial charge < -0.3 is 5.32 Å². The number of rotatable bonds is 5. The van der Waals surface area contributed by atoms with Crippen molar-refractivity contribution < 1.29 is 0 Å². The maximum atomic E-state index is 4.32. The quantitative estimate of drug-likeness (QED) is 0.872. The zero-order valence-electron chi connectivity index (χ0n) is 11.1. The first-order chi connectivity index (χ1) is 8.13. The maximum absolute atomic E-state index is 4.32. The lowest BCUT2D eigenvalue weighted by Gasteiger charge is -2.16. The number of aryl methyl sites for hydroxylation is 1. The lowest BCUT2D eigenvalue weighted by Crippen LogP contribution is -2.30. The number of hydrogen-bond acceptors (Lipinski definition) is 4. The summed E-state index contributed by atoms with van der Waals surface area (Å²) in [5.41, 5.74) is 0. The molecule has 0 bridgehead atoms. The van der Waals surface area contributed by atoms with Crippen LogP contribution in [0.25, 0.3) is 0 Å². The van der Waals surface area contributed by atoms with Crippen LogP contribution in [0.3, 0.4) is 0 Å². The van der Waals surface area contributed by atoms with Crippen LogP contribution in [-0.2, 0) is 6.54 Å². The topological polar surface area (TPSA) is 28.2 Å². The smallest absolute Gasteiger partial charge is 0.0897 e. The fourth-order valence-electron chi connectivity index (χ4n) is 2.32. The Morgan fingerprint density at radius 1 is 1.59 bits per heavy atom. The lowest BCUT2D eigenvalue weighted by atomic mass is 10.1. The van der Waals surface area contributed by atoms with Gasteiger partial charge in [0, 0.05) is 30.2 Å². The standard InChI is InChI=1S/C13H23N3S/c1-10(2)14-6-12-4-5-16(8-12)9-13-7-15-11(3)17-13/h7,10,12,14H,4-6,8-9H2,1-3H3. The van der Waals surface area contributed by atoms with E-state index >= 15 is 0 Å². The molecule has 0 spiro atoms. The molecule has 0 radical (unpaired) electrons. The van der Waals surface area contributed by atoms with Crippen molar-refractivity contribution in [1.82, 2.24) is 15.2 Å². The van der Waals surface area contributed by atoms with Gasteiger partial charge in [0.2, 0.25) is 0 Å². The second-order valence-electron chi connectivity index (χ2n) is 5.30. The monoisotopic (exact) mass is 253 g/mol. The Kier molecular flexibility index (Phi) is 4.54. The Hall–Kier alpha value is -0.450. The van der Waals surface area contributed by atoms with E-state index in [0.717, 1.165) is 19.0 Å². The number of nitrogens with one attached hydrogen (secondary N) is 1. The van der Waals surface area contributed by atoms with Crippen LogP contribution in [0, 0.1) is 12.8 Å². The van der Waals surface area contributed by atoms with E-state index in [4.69, 9.17) is 0 Å². The first-order valence-corrected chi connectivity index (χ1v) is 7.32. The van der Waals surface area contributed by atoms with E-state index < -0.39 is 0 Å². The molecule has 96 valence electrons. The predicted molar refractivity (Wildman–Crippen MR) is 73.4 cm³/mol. The van der Waals surface area contributed by atoms with Crippen LogP contribution in [0.1, 0.15) is 30.2 Å². The molecule has 0 aliphatic carbocycles. The Morgan fingerprint density at radius 3 is 3.06 bits per heavy atom. The van der Waals surface area contributed by atoms with Crippen LogP contribution < -0.4 is 5.32 Å². The third-order valence-electron chi connectivity index (χ3n) is 3.23. The van der Waals surface area contributed by atoms with E-state index in [2.05, 4.69) is 36.0 Å². The minimum absolute atomic E-state index is 0.605. The first-order valence-electron chi connectivity index (χ1n) is 6.50. The van der Waals surface area contributed by atoms with Crippen LogP contribution in [0.2, 0.25) is 0 Å². The van der Waals surface area contributed by atoms with Gasteiger partial charge in [0.15, 0.2) is 0 Å². The molecule has 1 atom stereocenters. The fraction of sp³-hybridized carbons (Fsp3) is 0.769. The van der Waals surface area contributed by atoms with E-state index in [1.54, 1.807) is 0 Å². The van der Waals surface area contributed by atoms with Gasteiger partial charge in [-0.15, -0.1) is 11.3 Å². The summed E-state index contributed by atoms with van der Waals surface area (Å²) in [5, 5.41) is 4.72. The molecule has 1 unspecified atom stereocenters. The SMILES string of the molecule is Cc1ncc(CN2CCC(CNC(C)C)C2)s1. The van der Waals surface area contributed by atoms with Crippen LogP contribution in [0.4, 0.5) is 0 Å². The molecule has 1 N–H and O–H groups in total. The van der Waals surface area contributed by atoms with Gasteiger partial charge in [-0.25, -0.2) is 4.98 Å². The summed E-state index contributed by atoms with van der Waals surface area (Å²) in [6.07, 6.45) is 3.36. The minimum Gasteiger partial charge on any atom is -0.314 e. The summed E-state index contributed by atoms with van der Waals surface area (Å²) in [6, 6.07) is 0.605. The van der Waals surface area contributed by atoms with Gasteiger partial charge in [-0.3, -0.25) is 4.90 Å². The molecule has 3 nitrogen and oxygen atoms in total. The number of thiazole rings is 1. The molecule has 1 aliphatic heterocycles. The van der Waals surface area contributed by atoms with Crippen molar-refractivity contribution in [1.29, 1.82) is 0 Å². The largest absolute Gasteiger partial charge is 0.314 e. The van der Waals surface area contributed by atoms with Gasteiger partial charge in [0.05, 0.1) is 5.01 Å². The summed E-state index contributed by atoms with van der Waals surface area (Å²) in [5.74, 6) is 0.825. The molecule has 4 heteroatoms. The molecule has 0 saturated carbocycles. The summed E-state index contributed by atoms with van der Waals surface area (Å²) in [6.45, 7) is 11.2. The highest BCUT2D eigenvalue weighted by Gasteiger charge is 2.22. The molecule has 0 aromatic carbocycles. The summed E-state index contributed by atoms with van der Waals surface area (Å²) < 4.78 is 0. The van der Waals surface area contributed by atoms with E-state index in [9.17, 15) is 0 Å². The minimum atomic E-state index is 0.605. The van der Waals surface area contributed by atoms with E-state index in [1.165, 1.54) is 29.4 Å². The molecule has 1 aromatic heterocycles. The molecule has 1 fully saturated rings. The molecule has 1 aliphatic rings. The second kappa shape index (κ2) is 5.94. The van der Waals surface area contributed by atoms with Crippen molar-refractivity contribution >= 4 is 11.3 Å². The Balaban J connectivity index is 1.74. The highest BCUT2D eigenvalue weighted by atomic mass is 32.1. The van der Waals surface area contributed by atoms with Gasteiger partial charge >= 0.3 is 0 Å². The zero-order chi connectivity index (χ0) is 12.3. The van der Waals surface area contributed by atoms with Gasteiger partial charge in [0.1, 0.15) is 0 Å². The number of nitrogens with zero attached hydrogens (tertiary/aromatic N) is 2. The van der Waals surface area contributed by atoms with Crippen LogP contribution >= 0.6 is 11.3 Å². The highest BCUT2D eigenvalue weighted by Crippen LogP contribution is 2.20. The van der Waals surface area contributed by atoms with Crippen molar-refractivity contribution in [2.75, 3.05) is 19.6 Å². The summed E-state index contributed by atoms with van der Waals surface area (Å²) in [4.78, 5) is 8.27. The van der Waals surface area contributed by atoms with Crippen LogP contribution in [0.5, 0.6) is 0 Å². The lowest BCUT2D eigenvalue weighted by molar-refractivity contribution is 0.315. The van der Waals surface area contributed by atoms with Crippen molar-refractivity contribution in [2.24, 2.45) is 5.92 Å². The van der Waals surface area contributed by atoms with E-state index in [0.29, 0.717) is 6.04 Å². The van der Waals surface area contributed by atoms with Gasteiger partial charge in [-0.2, -0.15) is 0 Å². The molecular weight excluding hydrogens is 230 g/mol. The van der Waals surface area contributed by atoms with Crippen molar-refractivity contribution in [3.63, 3.8) is 0 Å². The Bertz CT molecular complexity index is 348. The van der Waals surface area contributed by atoms with E-state index in [-0.39, 0.29) is 0 Å². The van der Waals surface area contributed by atoms with E-state index in [1.807, 2.05) is 17.5 Å². The normalized spacial score (nSPS) is 21.5. The molecular formula is C13H23N3S. The maximum Gasteiger partial charge on any atom is 0.0897 e. The number of likely N-dealkylation sites (tertiary alicyclic amines) is 1. The fourth-order valence-corrected chi connectivity index (χ4v) is 3.16. The molecule has 1 saturated heterocycles. The number of hydrogen-bond donors (Lipinski definition) is 1. The molecule has 17 heavy (non-hydrogen) atoms. The molecule has 0 amide bonds. The first kappa shape index (κ1) is 13.0. The van der Waals surface area contributed by atoms with Crippen LogP contribution in [0.15, 0.2) is 6.20 Å². The molecule has 2 rings (SSSR count). The second-order valence-corrected chi connectivity index (χ2v) is 6.62. The molecule has 1 aromatic rings. The van der Waals surface area contributed by atoms with Crippen LogP contribution in [-0.4, -0.2) is 35.6 Å². The van der Waals surface area contributed by atoms with Gasteiger partial charge in [-0.1, -0.05) is 13.8 Å². The average Bonchev–Trinajstić information content (AvgIpc) is 2.86. The Morgan fingerprint density at radius 2 is 2.41 bits per heavy atom. The van der Waals surface area contributed by atoms with Gasteiger partial charge in [-0.05, 0) is 32.4 Å². The van der Waals surface area contributed by atoms with Crippen molar-refractivity contribution in [3.05, 3.63) is 16.1 Å². The Labute approximate surface area is 108 Å². The highest BCUT2D eigenvalue weighted by molar-refractivity contribution is 7.11. The third kappa shape index (κ3) is 4.05. The molecule has 2 heterocycles. The van der Waals surface area contributed by atoms with Crippen molar-refractivity contribution in [2.45, 2.75) is 39.8 Å². The van der Waals surface area contributed by atoms with Crippen molar-refractivity contribution in [3.8, 4) is 0 Å². The summed E-state index contributed by atoms with van der Waals surface area (Å²) in [7, 11) is 0. The summed E-state index contributed by atoms with van der Waals surface area (Å²) >= 11 is 1.83. The number of aromatic nitrogens is 1.